The standard InChI is InChI=1S/C20H26FN3O6S/c1-14(16-5-6-17(21)18(11-16)30-12-15-3-4-15)23-31(27,28)10-2-9-29-13-24-8-7-19(25)22-20(24)26/h5-8,11,14-15,23H,2-4,9-10,12-13H2,1H3,(H,22,25,26)/t14-/m1/s1. The van der Waals surface area contributed by atoms with Gasteiger partial charge in [0, 0.05) is 24.9 Å². The van der Waals surface area contributed by atoms with Gasteiger partial charge in [0.1, 0.15) is 6.73 Å². The van der Waals surface area contributed by atoms with Crippen LogP contribution in [0.3, 0.4) is 0 Å². The van der Waals surface area contributed by atoms with Crippen molar-refractivity contribution in [2.45, 2.75) is 39.0 Å². The number of sulfonamides is 1. The van der Waals surface area contributed by atoms with Gasteiger partial charge in [-0.3, -0.25) is 14.3 Å². The SMILES string of the molecule is C[C@@H](NS(=O)(=O)CCCOCn1ccc(=O)[nH]c1=O)c1ccc(F)c(OCC2CC2)c1. The van der Waals surface area contributed by atoms with Crippen LogP contribution in [0.2, 0.25) is 0 Å². The maximum Gasteiger partial charge on any atom is 0.330 e. The summed E-state index contributed by atoms with van der Waals surface area (Å²) in [5.41, 5.74) is -0.504. The van der Waals surface area contributed by atoms with Gasteiger partial charge in [-0.15, -0.1) is 0 Å². The molecule has 1 aromatic heterocycles. The second-order valence-corrected chi connectivity index (χ2v) is 9.45. The van der Waals surface area contributed by atoms with E-state index in [2.05, 4.69) is 9.71 Å². The predicted octanol–water partition coefficient (Wildman–Crippen LogP) is 1.51. The number of hydrogen-bond donors (Lipinski definition) is 2. The van der Waals surface area contributed by atoms with Crippen LogP contribution >= 0.6 is 0 Å². The zero-order chi connectivity index (χ0) is 22.4. The first-order valence-electron chi connectivity index (χ1n) is 10.0. The lowest BCUT2D eigenvalue weighted by atomic mass is 10.1. The number of halogens is 1. The Labute approximate surface area is 179 Å². The van der Waals surface area contributed by atoms with E-state index >= 15 is 0 Å². The summed E-state index contributed by atoms with van der Waals surface area (Å²) in [5.74, 6) is -0.0482. The molecule has 1 saturated carbocycles. The highest BCUT2D eigenvalue weighted by Gasteiger charge is 2.23. The maximum atomic E-state index is 13.9. The third-order valence-corrected chi connectivity index (χ3v) is 6.35. The molecule has 1 aliphatic carbocycles. The topological polar surface area (TPSA) is 119 Å². The molecule has 0 spiro atoms. The number of rotatable bonds is 12. The Morgan fingerprint density at radius 1 is 1.29 bits per heavy atom. The lowest BCUT2D eigenvalue weighted by molar-refractivity contribution is 0.0744. The van der Waals surface area contributed by atoms with E-state index in [9.17, 15) is 22.4 Å². The van der Waals surface area contributed by atoms with Crippen molar-refractivity contribution in [1.29, 1.82) is 0 Å². The van der Waals surface area contributed by atoms with Crippen molar-refractivity contribution in [1.82, 2.24) is 14.3 Å². The van der Waals surface area contributed by atoms with Crippen molar-refractivity contribution in [3.05, 3.63) is 62.7 Å². The van der Waals surface area contributed by atoms with Crippen LogP contribution in [-0.2, 0) is 21.5 Å². The first kappa shape index (κ1) is 23.2. The number of nitrogens with one attached hydrogen (secondary N) is 2. The summed E-state index contributed by atoms with van der Waals surface area (Å²) < 4.78 is 53.2. The zero-order valence-corrected chi connectivity index (χ0v) is 18.0. The summed E-state index contributed by atoms with van der Waals surface area (Å²) in [6.45, 7) is 2.15. The first-order valence-corrected chi connectivity index (χ1v) is 11.7. The number of aromatic amines is 1. The molecular formula is C20H26FN3O6S. The zero-order valence-electron chi connectivity index (χ0n) is 17.2. The van der Waals surface area contributed by atoms with E-state index in [1.807, 2.05) is 0 Å². The summed E-state index contributed by atoms with van der Waals surface area (Å²) in [6.07, 6.45) is 3.68. The fourth-order valence-electron chi connectivity index (χ4n) is 2.85. The van der Waals surface area contributed by atoms with E-state index < -0.39 is 33.1 Å². The molecule has 1 fully saturated rings. The van der Waals surface area contributed by atoms with Crippen molar-refractivity contribution in [2.24, 2.45) is 5.92 Å². The molecule has 1 heterocycles. The van der Waals surface area contributed by atoms with Crippen molar-refractivity contribution >= 4 is 10.0 Å². The number of H-pyrrole nitrogens is 1. The largest absolute Gasteiger partial charge is 0.490 e. The van der Waals surface area contributed by atoms with Gasteiger partial charge in [-0.2, -0.15) is 0 Å². The van der Waals surface area contributed by atoms with Gasteiger partial charge in [-0.25, -0.2) is 22.3 Å². The molecule has 1 aromatic carbocycles. The fourth-order valence-corrected chi connectivity index (χ4v) is 4.14. The normalized spacial score (nSPS) is 15.0. The Morgan fingerprint density at radius 3 is 2.77 bits per heavy atom. The Balaban J connectivity index is 1.45. The highest BCUT2D eigenvalue weighted by molar-refractivity contribution is 7.89. The quantitative estimate of drug-likeness (QED) is 0.468. The molecule has 31 heavy (non-hydrogen) atoms. The van der Waals surface area contributed by atoms with E-state index in [4.69, 9.17) is 9.47 Å². The van der Waals surface area contributed by atoms with Crippen LogP contribution in [0, 0.1) is 11.7 Å². The minimum absolute atomic E-state index is 0.0985. The molecule has 2 N–H and O–H groups in total. The molecule has 1 atom stereocenters. The molecule has 11 heteroatoms. The highest BCUT2D eigenvalue weighted by Crippen LogP contribution is 2.31. The van der Waals surface area contributed by atoms with Crippen LogP contribution in [0.4, 0.5) is 4.39 Å². The smallest absolute Gasteiger partial charge is 0.330 e. The van der Waals surface area contributed by atoms with Gasteiger partial charge in [-0.05, 0) is 49.8 Å². The number of aromatic nitrogens is 2. The van der Waals surface area contributed by atoms with Crippen LogP contribution in [-0.4, -0.2) is 36.9 Å². The summed E-state index contributed by atoms with van der Waals surface area (Å²) in [6, 6.07) is 4.95. The van der Waals surface area contributed by atoms with Crippen molar-refractivity contribution in [3.8, 4) is 5.75 Å². The summed E-state index contributed by atoms with van der Waals surface area (Å²) >= 11 is 0. The van der Waals surface area contributed by atoms with Crippen LogP contribution in [0.25, 0.3) is 0 Å². The second kappa shape index (κ2) is 10.2. The van der Waals surface area contributed by atoms with E-state index in [0.29, 0.717) is 18.1 Å². The molecule has 0 unspecified atom stereocenters. The molecule has 2 aromatic rings. The molecule has 0 amide bonds. The van der Waals surface area contributed by atoms with Gasteiger partial charge in [0.05, 0.1) is 12.4 Å². The van der Waals surface area contributed by atoms with Gasteiger partial charge in [0.15, 0.2) is 11.6 Å². The third-order valence-electron chi connectivity index (χ3n) is 4.81. The average Bonchev–Trinajstić information content (AvgIpc) is 3.52. The van der Waals surface area contributed by atoms with E-state index in [1.54, 1.807) is 6.92 Å². The number of hydrogen-bond acceptors (Lipinski definition) is 6. The Morgan fingerprint density at radius 2 is 2.06 bits per heavy atom. The maximum absolute atomic E-state index is 13.9. The minimum atomic E-state index is -3.61. The monoisotopic (exact) mass is 455 g/mol. The molecule has 0 saturated heterocycles. The summed E-state index contributed by atoms with van der Waals surface area (Å²) in [4.78, 5) is 24.6. The molecule has 0 bridgehead atoms. The molecule has 0 aliphatic heterocycles. The van der Waals surface area contributed by atoms with Gasteiger partial charge in [0.25, 0.3) is 5.56 Å². The van der Waals surface area contributed by atoms with Gasteiger partial charge < -0.3 is 9.47 Å². The van der Waals surface area contributed by atoms with Gasteiger partial charge in [0.2, 0.25) is 10.0 Å². The van der Waals surface area contributed by atoms with E-state index in [1.165, 1.54) is 30.5 Å². The fraction of sp³-hybridized carbons (Fsp3) is 0.500. The number of benzene rings is 1. The average molecular weight is 456 g/mol. The van der Waals surface area contributed by atoms with Crippen LogP contribution in [0.15, 0.2) is 40.1 Å². The van der Waals surface area contributed by atoms with Crippen molar-refractivity contribution in [2.75, 3.05) is 19.0 Å². The molecule has 0 radical (unpaired) electrons. The Kier molecular flexibility index (Phi) is 7.63. The van der Waals surface area contributed by atoms with Crippen molar-refractivity contribution < 1.29 is 22.3 Å². The van der Waals surface area contributed by atoms with Gasteiger partial charge >= 0.3 is 5.69 Å². The Bertz CT molecular complexity index is 1110. The van der Waals surface area contributed by atoms with Crippen LogP contribution in [0.5, 0.6) is 5.75 Å². The lowest BCUT2D eigenvalue weighted by Crippen LogP contribution is -2.30. The summed E-state index contributed by atoms with van der Waals surface area (Å²) in [7, 11) is -3.61. The van der Waals surface area contributed by atoms with Crippen molar-refractivity contribution in [3.63, 3.8) is 0 Å². The second-order valence-electron chi connectivity index (χ2n) is 7.57. The molecule has 3 rings (SSSR count). The van der Waals surface area contributed by atoms with Crippen LogP contribution in [0.1, 0.15) is 37.8 Å². The highest BCUT2D eigenvalue weighted by atomic mass is 32.2. The molecule has 1 aliphatic rings. The Hall–Kier alpha value is -2.50. The summed E-state index contributed by atoms with van der Waals surface area (Å²) in [5, 5.41) is 0. The third kappa shape index (κ3) is 7.30. The molecule has 9 nitrogen and oxygen atoms in total. The molecule has 170 valence electrons. The lowest BCUT2D eigenvalue weighted by Gasteiger charge is -2.16. The first-order chi connectivity index (χ1) is 14.7. The van der Waals surface area contributed by atoms with Crippen LogP contribution < -0.4 is 20.7 Å². The number of ether oxygens (including phenoxy) is 2. The predicted molar refractivity (Wildman–Crippen MR) is 112 cm³/mol. The number of nitrogens with zero attached hydrogens (tertiary/aromatic N) is 1. The van der Waals surface area contributed by atoms with E-state index in [0.717, 1.165) is 17.4 Å². The van der Waals surface area contributed by atoms with Gasteiger partial charge in [-0.1, -0.05) is 6.07 Å². The minimum Gasteiger partial charge on any atom is -0.490 e. The van der Waals surface area contributed by atoms with E-state index in [-0.39, 0.29) is 31.3 Å². The molecular weight excluding hydrogens is 429 g/mol.